The highest BCUT2D eigenvalue weighted by Crippen LogP contribution is 2.14. The van der Waals surface area contributed by atoms with Crippen LogP contribution in [-0.2, 0) is 11.2 Å². The first-order valence-electron chi connectivity index (χ1n) is 3.95. The van der Waals surface area contributed by atoms with Crippen LogP contribution in [-0.4, -0.2) is 5.91 Å². The first-order chi connectivity index (χ1) is 5.74. The Morgan fingerprint density at radius 2 is 2.17 bits per heavy atom. The molecule has 0 aliphatic heterocycles. The fraction of sp³-hybridized carbons (Fsp3) is 0.200. The maximum absolute atomic E-state index is 10.7. The molecule has 0 saturated heterocycles. The highest BCUT2D eigenvalue weighted by atomic mass is 16.1. The molecule has 0 fully saturated rings. The molecule has 0 aromatic heterocycles. The summed E-state index contributed by atoms with van der Waals surface area (Å²) in [6, 6.07) is 7.72. The van der Waals surface area contributed by atoms with E-state index < -0.39 is 0 Å². The second kappa shape index (κ2) is 3.90. The molecule has 0 atom stereocenters. The van der Waals surface area contributed by atoms with Gasteiger partial charge in [0.1, 0.15) is 0 Å². The molecule has 63 valence electrons. The lowest BCUT2D eigenvalue weighted by Crippen LogP contribution is -2.07. The number of hydrogen-bond acceptors (Lipinski definition) is 1. The van der Waals surface area contributed by atoms with Crippen molar-refractivity contribution in [2.45, 2.75) is 13.3 Å². The number of benzene rings is 1. The van der Waals surface area contributed by atoms with Crippen LogP contribution in [0, 0.1) is 6.92 Å². The van der Waals surface area contributed by atoms with Crippen LogP contribution in [0.15, 0.2) is 24.3 Å². The Kier molecular flexibility index (Phi) is 2.86. The van der Waals surface area contributed by atoms with Gasteiger partial charge in [-0.1, -0.05) is 25.1 Å². The first kappa shape index (κ1) is 8.78. The Morgan fingerprint density at radius 1 is 1.50 bits per heavy atom. The predicted octanol–water partition coefficient (Wildman–Crippen LogP) is 2.02. The number of anilines is 1. The van der Waals surface area contributed by atoms with Crippen LogP contribution in [0.2, 0.25) is 0 Å². The van der Waals surface area contributed by atoms with E-state index in [0.717, 1.165) is 17.7 Å². The fourth-order valence-corrected chi connectivity index (χ4v) is 1.10. The molecule has 1 radical (unpaired) electrons. The molecule has 2 nitrogen and oxygen atoms in total. The molecule has 1 rings (SSSR count). The summed E-state index contributed by atoms with van der Waals surface area (Å²) in [6.07, 6.45) is 0.913. The number of rotatable bonds is 2. The molecule has 12 heavy (non-hydrogen) atoms. The van der Waals surface area contributed by atoms with Crippen LogP contribution in [0.3, 0.4) is 0 Å². The molecule has 0 spiro atoms. The molecule has 1 amide bonds. The van der Waals surface area contributed by atoms with E-state index in [2.05, 4.69) is 12.2 Å². The summed E-state index contributed by atoms with van der Waals surface area (Å²) >= 11 is 0. The average Bonchev–Trinajstić information content (AvgIpc) is 2.04. The molecular weight excluding hydrogens is 150 g/mol. The maximum atomic E-state index is 10.7. The van der Waals surface area contributed by atoms with E-state index in [0.29, 0.717) is 0 Å². The number of hydrogen-bond donors (Lipinski definition) is 1. The molecule has 0 aliphatic carbocycles. The monoisotopic (exact) mass is 162 g/mol. The summed E-state index contributed by atoms with van der Waals surface area (Å²) in [7, 11) is 0. The van der Waals surface area contributed by atoms with Crippen molar-refractivity contribution in [2.75, 3.05) is 5.32 Å². The van der Waals surface area contributed by atoms with Crippen molar-refractivity contribution in [3.05, 3.63) is 36.8 Å². The van der Waals surface area contributed by atoms with Crippen molar-refractivity contribution in [3.63, 3.8) is 0 Å². The van der Waals surface area contributed by atoms with Gasteiger partial charge in [0.2, 0.25) is 5.91 Å². The number of aryl methyl sites for hydroxylation is 1. The van der Waals surface area contributed by atoms with Crippen molar-refractivity contribution in [2.24, 2.45) is 0 Å². The molecule has 1 N–H and O–H groups in total. The van der Waals surface area contributed by atoms with Crippen LogP contribution in [0.4, 0.5) is 5.69 Å². The normalized spacial score (nSPS) is 9.50. The second-order valence-corrected chi connectivity index (χ2v) is 2.56. The van der Waals surface area contributed by atoms with Gasteiger partial charge in [0, 0.05) is 12.6 Å². The van der Waals surface area contributed by atoms with Crippen molar-refractivity contribution in [1.29, 1.82) is 0 Å². The van der Waals surface area contributed by atoms with Crippen molar-refractivity contribution in [1.82, 2.24) is 0 Å². The minimum Gasteiger partial charge on any atom is -0.326 e. The van der Waals surface area contributed by atoms with Gasteiger partial charge in [0.25, 0.3) is 0 Å². The Balaban J connectivity index is 2.89. The third-order valence-corrected chi connectivity index (χ3v) is 1.67. The highest BCUT2D eigenvalue weighted by Gasteiger charge is 1.99. The number of amides is 1. The summed E-state index contributed by atoms with van der Waals surface area (Å²) in [4.78, 5) is 10.7. The number of carbonyl (C=O) groups excluding carboxylic acids is 1. The van der Waals surface area contributed by atoms with E-state index in [4.69, 9.17) is 0 Å². The predicted molar refractivity (Wildman–Crippen MR) is 49.8 cm³/mol. The highest BCUT2D eigenvalue weighted by molar-refractivity contribution is 5.94. The van der Waals surface area contributed by atoms with E-state index >= 15 is 0 Å². The zero-order valence-corrected chi connectivity index (χ0v) is 7.13. The van der Waals surface area contributed by atoms with Crippen LogP contribution in [0.5, 0.6) is 0 Å². The van der Waals surface area contributed by atoms with E-state index in [1.54, 1.807) is 0 Å². The first-order valence-corrected chi connectivity index (χ1v) is 3.95. The smallest absolute Gasteiger partial charge is 0.224 e. The minimum absolute atomic E-state index is 0.268. The van der Waals surface area contributed by atoms with Gasteiger partial charge in [-0.25, -0.2) is 0 Å². The summed E-state index contributed by atoms with van der Waals surface area (Å²) in [6.45, 7) is 5.31. The topological polar surface area (TPSA) is 29.1 Å². The number of carbonyl (C=O) groups is 1. The Morgan fingerprint density at radius 3 is 2.75 bits per heavy atom. The maximum Gasteiger partial charge on any atom is 0.224 e. The lowest BCUT2D eigenvalue weighted by Gasteiger charge is -2.06. The number of para-hydroxylation sites is 1. The third kappa shape index (κ3) is 2.09. The lowest BCUT2D eigenvalue weighted by atomic mass is 10.1. The Hall–Kier alpha value is -1.31. The molecule has 0 aliphatic rings. The fourth-order valence-electron chi connectivity index (χ4n) is 1.10. The van der Waals surface area contributed by atoms with Crippen LogP contribution in [0.1, 0.15) is 12.5 Å². The van der Waals surface area contributed by atoms with Gasteiger partial charge in [0.15, 0.2) is 0 Å². The van der Waals surface area contributed by atoms with Crippen molar-refractivity contribution >= 4 is 11.6 Å². The van der Waals surface area contributed by atoms with Crippen molar-refractivity contribution in [3.8, 4) is 0 Å². The van der Waals surface area contributed by atoms with E-state index in [1.165, 1.54) is 0 Å². The van der Waals surface area contributed by atoms with E-state index in [-0.39, 0.29) is 5.91 Å². The van der Waals surface area contributed by atoms with Crippen LogP contribution >= 0.6 is 0 Å². The minimum atomic E-state index is -0.268. The van der Waals surface area contributed by atoms with Gasteiger partial charge in [-0.3, -0.25) is 4.79 Å². The Bertz CT molecular complexity index is 281. The van der Waals surface area contributed by atoms with Gasteiger partial charge in [0.05, 0.1) is 0 Å². The van der Waals surface area contributed by atoms with Crippen molar-refractivity contribution < 1.29 is 4.79 Å². The molecule has 1 aromatic carbocycles. The second-order valence-electron chi connectivity index (χ2n) is 2.56. The van der Waals surface area contributed by atoms with E-state index in [1.807, 2.05) is 31.2 Å². The summed E-state index contributed by atoms with van der Waals surface area (Å²) in [5, 5.41) is 2.67. The average molecular weight is 162 g/mol. The SMILES string of the molecule is [CH2]C(=O)Nc1ccccc1CC. The molecule has 2 heteroatoms. The zero-order valence-electron chi connectivity index (χ0n) is 7.13. The molecular formula is C10H12NO. The van der Waals surface area contributed by atoms with Gasteiger partial charge < -0.3 is 5.32 Å². The summed E-state index contributed by atoms with van der Waals surface area (Å²) in [5.41, 5.74) is 1.99. The molecule has 1 aromatic rings. The molecule has 0 unspecified atom stereocenters. The molecule has 0 saturated carbocycles. The van der Waals surface area contributed by atoms with Crippen LogP contribution in [0.25, 0.3) is 0 Å². The van der Waals surface area contributed by atoms with E-state index in [9.17, 15) is 4.79 Å². The molecule has 0 heterocycles. The van der Waals surface area contributed by atoms with Gasteiger partial charge >= 0.3 is 0 Å². The summed E-state index contributed by atoms with van der Waals surface area (Å²) < 4.78 is 0. The third-order valence-electron chi connectivity index (χ3n) is 1.67. The number of nitrogens with one attached hydrogen (secondary N) is 1. The van der Waals surface area contributed by atoms with Gasteiger partial charge in [-0.05, 0) is 18.1 Å². The zero-order chi connectivity index (χ0) is 8.97. The quantitative estimate of drug-likeness (QED) is 0.708. The molecule has 0 bridgehead atoms. The largest absolute Gasteiger partial charge is 0.326 e. The standard InChI is InChI=1S/C10H12NO/c1-3-9-6-4-5-7-10(9)11-8(2)12/h4-7H,2-3H2,1H3,(H,11,12). The van der Waals surface area contributed by atoms with Crippen LogP contribution < -0.4 is 5.32 Å². The lowest BCUT2D eigenvalue weighted by molar-refractivity contribution is -0.112. The summed E-state index contributed by atoms with van der Waals surface area (Å²) in [5.74, 6) is -0.268. The van der Waals surface area contributed by atoms with Gasteiger partial charge in [-0.2, -0.15) is 0 Å². The Labute approximate surface area is 72.6 Å². The van der Waals surface area contributed by atoms with Gasteiger partial charge in [-0.15, -0.1) is 0 Å².